The molecule has 1 atom stereocenters. The molecule has 0 saturated heterocycles. The van der Waals surface area contributed by atoms with Crippen molar-refractivity contribution in [2.45, 2.75) is 13.0 Å². The molecule has 2 amide bonds. The van der Waals surface area contributed by atoms with E-state index in [4.69, 9.17) is 11.6 Å². The lowest BCUT2D eigenvalue weighted by Gasteiger charge is -2.18. The molecule has 0 bridgehead atoms. The average Bonchev–Trinajstić information content (AvgIpc) is 2.31. The Labute approximate surface area is 119 Å². The van der Waals surface area contributed by atoms with Crippen molar-refractivity contribution in [3.8, 4) is 0 Å². The van der Waals surface area contributed by atoms with Gasteiger partial charge in [0.05, 0.1) is 10.6 Å². The number of carbonyl (C=O) groups is 2. The van der Waals surface area contributed by atoms with Gasteiger partial charge < -0.3 is 10.2 Å². The van der Waals surface area contributed by atoms with Crippen molar-refractivity contribution in [2.75, 3.05) is 14.1 Å². The second-order valence-corrected chi connectivity index (χ2v) is 5.26. The molecular weight excluding hydrogens is 320 g/mol. The van der Waals surface area contributed by atoms with Gasteiger partial charge in [-0.05, 0) is 35.0 Å². The Morgan fingerprint density at radius 2 is 2.00 bits per heavy atom. The lowest BCUT2D eigenvalue weighted by molar-refractivity contribution is -0.130. The van der Waals surface area contributed by atoms with E-state index >= 15 is 0 Å². The summed E-state index contributed by atoms with van der Waals surface area (Å²) in [6.45, 7) is 1.63. The van der Waals surface area contributed by atoms with E-state index in [9.17, 15) is 9.59 Å². The number of hydrogen-bond donors (Lipinski definition) is 1. The molecule has 98 valence electrons. The fourth-order valence-corrected chi connectivity index (χ4v) is 1.98. The quantitative estimate of drug-likeness (QED) is 0.923. The highest BCUT2D eigenvalue weighted by molar-refractivity contribution is 9.10. The fraction of sp³-hybridized carbons (Fsp3) is 0.333. The van der Waals surface area contributed by atoms with Gasteiger partial charge in [-0.25, -0.2) is 0 Å². The molecule has 0 aliphatic carbocycles. The number of carbonyl (C=O) groups excluding carboxylic acids is 2. The van der Waals surface area contributed by atoms with Crippen molar-refractivity contribution in [3.05, 3.63) is 33.3 Å². The van der Waals surface area contributed by atoms with Gasteiger partial charge in [-0.2, -0.15) is 0 Å². The molecule has 1 aromatic rings. The molecule has 0 aliphatic heterocycles. The van der Waals surface area contributed by atoms with Gasteiger partial charge in [-0.3, -0.25) is 9.59 Å². The van der Waals surface area contributed by atoms with Crippen LogP contribution in [0.3, 0.4) is 0 Å². The topological polar surface area (TPSA) is 49.4 Å². The smallest absolute Gasteiger partial charge is 0.253 e. The van der Waals surface area contributed by atoms with Gasteiger partial charge in [0.1, 0.15) is 6.04 Å². The van der Waals surface area contributed by atoms with Crippen LogP contribution in [0.1, 0.15) is 17.3 Å². The summed E-state index contributed by atoms with van der Waals surface area (Å²) in [7, 11) is 3.27. The molecule has 18 heavy (non-hydrogen) atoms. The van der Waals surface area contributed by atoms with Gasteiger partial charge in [0.2, 0.25) is 5.91 Å². The van der Waals surface area contributed by atoms with Gasteiger partial charge in [0.15, 0.2) is 0 Å². The molecule has 0 aliphatic rings. The highest BCUT2D eigenvalue weighted by Gasteiger charge is 2.19. The molecule has 1 N–H and O–H groups in total. The normalized spacial score (nSPS) is 11.8. The summed E-state index contributed by atoms with van der Waals surface area (Å²) in [6.07, 6.45) is 0. The number of likely N-dealkylation sites (N-methyl/N-ethyl adjacent to an activating group) is 1. The minimum Gasteiger partial charge on any atom is -0.347 e. The third kappa shape index (κ3) is 3.46. The Morgan fingerprint density at radius 1 is 1.39 bits per heavy atom. The highest BCUT2D eigenvalue weighted by Crippen LogP contribution is 2.25. The van der Waals surface area contributed by atoms with E-state index in [0.29, 0.717) is 15.1 Å². The molecule has 0 spiro atoms. The number of hydrogen-bond acceptors (Lipinski definition) is 2. The van der Waals surface area contributed by atoms with Crippen LogP contribution in [0, 0.1) is 0 Å². The van der Waals surface area contributed by atoms with Crippen molar-refractivity contribution >= 4 is 39.3 Å². The second-order valence-electron chi connectivity index (χ2n) is 4.03. The third-order valence-corrected chi connectivity index (χ3v) is 3.65. The first-order chi connectivity index (χ1) is 8.34. The maximum Gasteiger partial charge on any atom is 0.253 e. The zero-order chi connectivity index (χ0) is 13.9. The van der Waals surface area contributed by atoms with E-state index in [1.807, 2.05) is 0 Å². The van der Waals surface area contributed by atoms with Crippen LogP contribution in [-0.2, 0) is 4.79 Å². The first kappa shape index (κ1) is 15.0. The summed E-state index contributed by atoms with van der Waals surface area (Å²) in [5.41, 5.74) is 0.337. The predicted octanol–water partition coefficient (Wildman–Crippen LogP) is 2.31. The van der Waals surface area contributed by atoms with E-state index < -0.39 is 6.04 Å². The number of benzene rings is 1. The van der Waals surface area contributed by atoms with Crippen LogP contribution < -0.4 is 5.32 Å². The first-order valence-corrected chi connectivity index (χ1v) is 6.47. The molecule has 1 unspecified atom stereocenters. The van der Waals surface area contributed by atoms with Gasteiger partial charge >= 0.3 is 0 Å². The van der Waals surface area contributed by atoms with Crippen LogP contribution in [0.4, 0.5) is 0 Å². The minimum absolute atomic E-state index is 0.172. The number of amides is 2. The lowest BCUT2D eigenvalue weighted by Crippen LogP contribution is -2.44. The average molecular weight is 334 g/mol. The molecule has 1 aromatic carbocycles. The van der Waals surface area contributed by atoms with E-state index in [1.165, 1.54) is 4.90 Å². The summed E-state index contributed by atoms with van der Waals surface area (Å²) in [6, 6.07) is 4.47. The summed E-state index contributed by atoms with van der Waals surface area (Å²) in [4.78, 5) is 25.0. The SMILES string of the molecule is CC(NC(=O)c1cccc(Br)c1Cl)C(=O)N(C)C. The van der Waals surface area contributed by atoms with Crippen molar-refractivity contribution in [1.82, 2.24) is 10.2 Å². The van der Waals surface area contributed by atoms with Crippen LogP contribution in [0.5, 0.6) is 0 Å². The van der Waals surface area contributed by atoms with Crippen molar-refractivity contribution in [2.24, 2.45) is 0 Å². The van der Waals surface area contributed by atoms with Gasteiger partial charge in [0.25, 0.3) is 5.91 Å². The Bertz CT molecular complexity index is 477. The zero-order valence-electron chi connectivity index (χ0n) is 10.3. The van der Waals surface area contributed by atoms with Crippen molar-refractivity contribution in [3.63, 3.8) is 0 Å². The fourth-order valence-electron chi connectivity index (χ4n) is 1.40. The van der Waals surface area contributed by atoms with E-state index in [0.717, 1.165) is 0 Å². The van der Waals surface area contributed by atoms with Crippen LogP contribution in [-0.4, -0.2) is 36.9 Å². The molecule has 4 nitrogen and oxygen atoms in total. The lowest BCUT2D eigenvalue weighted by atomic mass is 10.2. The van der Waals surface area contributed by atoms with E-state index in [2.05, 4.69) is 21.2 Å². The highest BCUT2D eigenvalue weighted by atomic mass is 79.9. The van der Waals surface area contributed by atoms with Crippen molar-refractivity contribution in [1.29, 1.82) is 0 Å². The Balaban J connectivity index is 2.83. The number of rotatable bonds is 3. The molecule has 0 heterocycles. The number of halogens is 2. The standard InChI is InChI=1S/C12H14BrClN2O2/c1-7(12(18)16(2)3)15-11(17)8-5-4-6-9(13)10(8)14/h4-7H,1-3H3,(H,15,17). The second kappa shape index (κ2) is 6.20. The van der Waals surface area contributed by atoms with Crippen LogP contribution in [0.25, 0.3) is 0 Å². The number of nitrogens with zero attached hydrogens (tertiary/aromatic N) is 1. The van der Waals surface area contributed by atoms with Gasteiger partial charge in [-0.1, -0.05) is 17.7 Å². The third-order valence-electron chi connectivity index (χ3n) is 2.36. The van der Waals surface area contributed by atoms with Crippen molar-refractivity contribution < 1.29 is 9.59 Å². The molecule has 0 aromatic heterocycles. The predicted molar refractivity (Wildman–Crippen MR) is 74.8 cm³/mol. The maximum absolute atomic E-state index is 12.0. The zero-order valence-corrected chi connectivity index (χ0v) is 12.7. The van der Waals surface area contributed by atoms with E-state index in [-0.39, 0.29) is 11.8 Å². The first-order valence-electron chi connectivity index (χ1n) is 5.30. The molecular formula is C12H14BrClN2O2. The Hall–Kier alpha value is -1.07. The van der Waals surface area contributed by atoms with Crippen LogP contribution in [0.2, 0.25) is 5.02 Å². The monoisotopic (exact) mass is 332 g/mol. The van der Waals surface area contributed by atoms with Gasteiger partial charge in [-0.15, -0.1) is 0 Å². The molecule has 6 heteroatoms. The summed E-state index contributed by atoms with van der Waals surface area (Å²) in [5, 5.41) is 2.94. The maximum atomic E-state index is 12.0. The molecule has 0 saturated carbocycles. The Kier molecular flexibility index (Phi) is 5.16. The van der Waals surface area contributed by atoms with Crippen LogP contribution >= 0.6 is 27.5 Å². The molecule has 1 rings (SSSR count). The van der Waals surface area contributed by atoms with E-state index in [1.54, 1.807) is 39.2 Å². The van der Waals surface area contributed by atoms with Gasteiger partial charge in [0, 0.05) is 18.6 Å². The molecule has 0 fully saturated rings. The van der Waals surface area contributed by atoms with Crippen LogP contribution in [0.15, 0.2) is 22.7 Å². The summed E-state index contributed by atoms with van der Waals surface area (Å²) >= 11 is 9.26. The molecule has 0 radical (unpaired) electrons. The Morgan fingerprint density at radius 3 is 2.56 bits per heavy atom. The number of nitrogens with one attached hydrogen (secondary N) is 1. The largest absolute Gasteiger partial charge is 0.347 e. The minimum atomic E-state index is -0.595. The summed E-state index contributed by atoms with van der Waals surface area (Å²) in [5.74, 6) is -0.543. The summed E-state index contributed by atoms with van der Waals surface area (Å²) < 4.78 is 0.642.